The maximum absolute atomic E-state index is 14.6. The maximum Gasteiger partial charge on any atom is 0.310 e. The molecule has 0 bridgehead atoms. The molecule has 30 heavy (non-hydrogen) atoms. The van der Waals surface area contributed by atoms with E-state index in [9.17, 15) is 9.18 Å². The molecule has 3 aromatic carbocycles. The second-order valence-corrected chi connectivity index (χ2v) is 7.83. The summed E-state index contributed by atoms with van der Waals surface area (Å²) in [5.41, 5.74) is 3.80. The standard InChI is InChI=1S/C26H26FNO2/c1-18(20-12-7-4-8-13-20)28(17-19-10-5-3-6-11-19)25-21-14-9-15-24(27)22(21)16-23(25)26(29)30-2/h3-15,18,23,25H,16-17H2,1-2H3/t18-,23-,25-/m1/s1. The van der Waals surface area contributed by atoms with Gasteiger partial charge in [-0.2, -0.15) is 0 Å². The average molecular weight is 403 g/mol. The van der Waals surface area contributed by atoms with Gasteiger partial charge in [-0.1, -0.05) is 72.8 Å². The lowest BCUT2D eigenvalue weighted by molar-refractivity contribution is -0.148. The Hall–Kier alpha value is -2.98. The van der Waals surface area contributed by atoms with E-state index >= 15 is 0 Å². The van der Waals surface area contributed by atoms with Crippen LogP contribution < -0.4 is 0 Å². The molecule has 0 amide bonds. The molecule has 0 unspecified atom stereocenters. The third-order valence-corrected chi connectivity index (χ3v) is 6.13. The van der Waals surface area contributed by atoms with Crippen LogP contribution in [0, 0.1) is 11.7 Å². The first-order valence-corrected chi connectivity index (χ1v) is 10.3. The smallest absolute Gasteiger partial charge is 0.310 e. The van der Waals surface area contributed by atoms with Crippen molar-refractivity contribution in [3.8, 4) is 0 Å². The number of esters is 1. The van der Waals surface area contributed by atoms with E-state index in [1.165, 1.54) is 13.2 Å². The zero-order chi connectivity index (χ0) is 21.1. The number of carbonyl (C=O) groups is 1. The van der Waals surface area contributed by atoms with Gasteiger partial charge in [0, 0.05) is 18.6 Å². The van der Waals surface area contributed by atoms with Crippen molar-refractivity contribution in [1.29, 1.82) is 0 Å². The molecule has 4 rings (SSSR count). The first kappa shape index (κ1) is 20.3. The highest BCUT2D eigenvalue weighted by Crippen LogP contribution is 2.45. The fourth-order valence-corrected chi connectivity index (χ4v) is 4.58. The van der Waals surface area contributed by atoms with E-state index in [2.05, 4.69) is 36.1 Å². The highest BCUT2D eigenvalue weighted by molar-refractivity contribution is 5.75. The summed E-state index contributed by atoms with van der Waals surface area (Å²) >= 11 is 0. The summed E-state index contributed by atoms with van der Waals surface area (Å²) in [5.74, 6) is -0.998. The summed E-state index contributed by atoms with van der Waals surface area (Å²) in [4.78, 5) is 15.1. The second-order valence-electron chi connectivity index (χ2n) is 7.83. The molecule has 0 saturated heterocycles. The Morgan fingerprint density at radius 1 is 1.03 bits per heavy atom. The number of benzene rings is 3. The third-order valence-electron chi connectivity index (χ3n) is 6.13. The average Bonchev–Trinajstić information content (AvgIpc) is 3.18. The fourth-order valence-electron chi connectivity index (χ4n) is 4.58. The Bertz CT molecular complexity index is 1010. The van der Waals surface area contributed by atoms with Crippen molar-refractivity contribution in [3.63, 3.8) is 0 Å². The summed E-state index contributed by atoms with van der Waals surface area (Å²) in [6.07, 6.45) is 0.353. The van der Waals surface area contributed by atoms with Gasteiger partial charge in [0.25, 0.3) is 0 Å². The number of carbonyl (C=O) groups excluding carboxylic acids is 1. The van der Waals surface area contributed by atoms with Gasteiger partial charge in [0.1, 0.15) is 5.82 Å². The predicted octanol–water partition coefficient (Wildman–Crippen LogP) is 5.48. The zero-order valence-corrected chi connectivity index (χ0v) is 17.3. The van der Waals surface area contributed by atoms with Gasteiger partial charge in [-0.15, -0.1) is 0 Å². The Morgan fingerprint density at radius 3 is 2.37 bits per heavy atom. The van der Waals surface area contributed by atoms with Gasteiger partial charge in [0.15, 0.2) is 0 Å². The van der Waals surface area contributed by atoms with Crippen molar-refractivity contribution in [2.75, 3.05) is 7.11 Å². The van der Waals surface area contributed by atoms with Crippen molar-refractivity contribution < 1.29 is 13.9 Å². The predicted molar refractivity (Wildman–Crippen MR) is 115 cm³/mol. The largest absolute Gasteiger partial charge is 0.469 e. The molecule has 0 aliphatic heterocycles. The molecule has 0 radical (unpaired) electrons. The number of nitrogens with zero attached hydrogens (tertiary/aromatic N) is 1. The molecular formula is C26H26FNO2. The monoisotopic (exact) mass is 403 g/mol. The van der Waals surface area contributed by atoms with Gasteiger partial charge < -0.3 is 4.74 Å². The maximum atomic E-state index is 14.6. The number of ether oxygens (including phenoxy) is 1. The van der Waals surface area contributed by atoms with Crippen molar-refractivity contribution in [2.24, 2.45) is 5.92 Å². The molecule has 0 spiro atoms. The molecule has 3 aromatic rings. The normalized spacial score (nSPS) is 18.8. The van der Waals surface area contributed by atoms with E-state index in [-0.39, 0.29) is 23.9 Å². The van der Waals surface area contributed by atoms with E-state index < -0.39 is 5.92 Å². The van der Waals surface area contributed by atoms with Gasteiger partial charge in [-0.3, -0.25) is 9.69 Å². The number of hydrogen-bond donors (Lipinski definition) is 0. The Kier molecular flexibility index (Phi) is 5.96. The Balaban J connectivity index is 1.81. The van der Waals surface area contributed by atoms with Crippen molar-refractivity contribution in [1.82, 2.24) is 4.90 Å². The quantitative estimate of drug-likeness (QED) is 0.511. The van der Waals surface area contributed by atoms with Gasteiger partial charge in [0.2, 0.25) is 0 Å². The summed E-state index contributed by atoms with van der Waals surface area (Å²) in [5, 5.41) is 0. The zero-order valence-electron chi connectivity index (χ0n) is 17.3. The number of rotatable bonds is 6. The first-order chi connectivity index (χ1) is 14.6. The molecule has 3 nitrogen and oxygen atoms in total. The molecule has 3 atom stereocenters. The van der Waals surface area contributed by atoms with Crippen molar-refractivity contribution in [2.45, 2.75) is 32.0 Å². The van der Waals surface area contributed by atoms with Crippen LogP contribution in [0.5, 0.6) is 0 Å². The van der Waals surface area contributed by atoms with Crippen LogP contribution in [0.2, 0.25) is 0 Å². The van der Waals surface area contributed by atoms with Gasteiger partial charge in [-0.05, 0) is 41.7 Å². The molecule has 1 aliphatic rings. The molecule has 0 N–H and O–H groups in total. The van der Waals surface area contributed by atoms with Crippen LogP contribution >= 0.6 is 0 Å². The molecular weight excluding hydrogens is 377 g/mol. The lowest BCUT2D eigenvalue weighted by Crippen LogP contribution is -2.37. The van der Waals surface area contributed by atoms with Crippen LogP contribution in [0.3, 0.4) is 0 Å². The molecule has 1 aliphatic carbocycles. The highest BCUT2D eigenvalue weighted by atomic mass is 19.1. The fraction of sp³-hybridized carbons (Fsp3) is 0.269. The number of fused-ring (bicyclic) bond motifs is 1. The van der Waals surface area contributed by atoms with Crippen molar-refractivity contribution >= 4 is 5.97 Å². The van der Waals surface area contributed by atoms with Crippen LogP contribution in [0.25, 0.3) is 0 Å². The van der Waals surface area contributed by atoms with Crippen LogP contribution in [0.4, 0.5) is 4.39 Å². The topological polar surface area (TPSA) is 29.5 Å². The van der Waals surface area contributed by atoms with E-state index in [1.807, 2.05) is 42.5 Å². The van der Waals surface area contributed by atoms with E-state index in [4.69, 9.17) is 4.74 Å². The lowest BCUT2D eigenvalue weighted by atomic mass is 9.94. The van der Waals surface area contributed by atoms with Crippen molar-refractivity contribution in [3.05, 3.63) is 107 Å². The number of halogens is 1. The van der Waals surface area contributed by atoms with Gasteiger partial charge >= 0.3 is 5.97 Å². The lowest BCUT2D eigenvalue weighted by Gasteiger charge is -2.37. The van der Waals surface area contributed by atoms with Gasteiger partial charge in [-0.25, -0.2) is 4.39 Å². The minimum absolute atomic E-state index is 0.0257. The summed E-state index contributed by atoms with van der Waals surface area (Å²) < 4.78 is 19.8. The highest BCUT2D eigenvalue weighted by Gasteiger charge is 2.44. The second kappa shape index (κ2) is 8.80. The summed E-state index contributed by atoms with van der Waals surface area (Å²) in [6.45, 7) is 2.79. The first-order valence-electron chi connectivity index (χ1n) is 10.3. The summed E-state index contributed by atoms with van der Waals surface area (Å²) in [6, 6.07) is 25.3. The van der Waals surface area contributed by atoms with Crippen LogP contribution in [-0.2, 0) is 22.5 Å². The summed E-state index contributed by atoms with van der Waals surface area (Å²) in [7, 11) is 1.40. The minimum Gasteiger partial charge on any atom is -0.469 e. The SMILES string of the molecule is COC(=O)[C@@H]1Cc2c(F)cccc2[C@H]1N(Cc1ccccc1)[C@H](C)c1ccccc1. The molecule has 154 valence electrons. The van der Waals surface area contributed by atoms with Crippen LogP contribution in [0.1, 0.15) is 41.3 Å². The molecule has 0 fully saturated rings. The van der Waals surface area contributed by atoms with Crippen LogP contribution in [-0.4, -0.2) is 18.0 Å². The van der Waals surface area contributed by atoms with E-state index in [1.54, 1.807) is 6.07 Å². The molecule has 0 aromatic heterocycles. The van der Waals surface area contributed by atoms with Crippen LogP contribution in [0.15, 0.2) is 78.9 Å². The van der Waals surface area contributed by atoms with E-state index in [0.717, 1.165) is 16.7 Å². The molecule has 0 heterocycles. The molecule has 4 heteroatoms. The number of hydrogen-bond acceptors (Lipinski definition) is 3. The number of methoxy groups -OCH3 is 1. The Labute approximate surface area is 177 Å². The molecule has 0 saturated carbocycles. The third kappa shape index (κ3) is 3.88. The van der Waals surface area contributed by atoms with Gasteiger partial charge in [0.05, 0.1) is 13.0 Å². The minimum atomic E-state index is -0.447. The van der Waals surface area contributed by atoms with E-state index in [0.29, 0.717) is 18.5 Å². The Morgan fingerprint density at radius 2 is 1.70 bits per heavy atom.